The molecule has 0 aromatic carbocycles. The minimum absolute atomic E-state index is 0.0428. The van der Waals surface area contributed by atoms with Gasteiger partial charge in [0.2, 0.25) is 0 Å². The summed E-state index contributed by atoms with van der Waals surface area (Å²) in [5, 5.41) is 7.81. The molecule has 0 spiro atoms. The zero-order valence-electron chi connectivity index (χ0n) is 9.90. The first-order valence-electron chi connectivity index (χ1n) is 5.49. The molecule has 16 heavy (non-hydrogen) atoms. The number of nitrogens with one attached hydrogen (secondary N) is 1. The molecule has 4 nitrogen and oxygen atoms in total. The summed E-state index contributed by atoms with van der Waals surface area (Å²) in [6, 6.07) is 4.03. The van der Waals surface area contributed by atoms with Gasteiger partial charge in [0.05, 0.1) is 12.0 Å². The second kappa shape index (κ2) is 4.53. The van der Waals surface area contributed by atoms with Crippen LogP contribution in [0.5, 0.6) is 0 Å². The number of aromatic nitrogens is 2. The average Bonchev–Trinajstić information content (AvgIpc) is 2.84. The molecule has 0 aliphatic carbocycles. The molecule has 0 aliphatic rings. The molecule has 2 aromatic heterocycles. The van der Waals surface area contributed by atoms with Crippen LogP contribution in [0.4, 0.5) is 0 Å². The maximum absolute atomic E-state index is 5.53. The van der Waals surface area contributed by atoms with Gasteiger partial charge >= 0.3 is 0 Å². The molecule has 1 atom stereocenters. The van der Waals surface area contributed by atoms with Crippen LogP contribution >= 0.6 is 0 Å². The molecule has 0 saturated carbocycles. The van der Waals surface area contributed by atoms with Gasteiger partial charge in [-0.15, -0.1) is 0 Å². The van der Waals surface area contributed by atoms with Gasteiger partial charge < -0.3 is 9.73 Å². The van der Waals surface area contributed by atoms with Crippen LogP contribution in [0.3, 0.4) is 0 Å². The largest absolute Gasteiger partial charge is 0.467 e. The first-order chi connectivity index (χ1) is 7.72. The van der Waals surface area contributed by atoms with Crippen molar-refractivity contribution in [2.75, 3.05) is 6.54 Å². The minimum atomic E-state index is 0.0428. The molecular weight excluding hydrogens is 202 g/mol. The SMILES string of the molecule is CCNC(c1ccn(C)n1)c1occc1C. The molecule has 0 aliphatic heterocycles. The lowest BCUT2D eigenvalue weighted by molar-refractivity contribution is 0.442. The summed E-state index contributed by atoms with van der Waals surface area (Å²) in [6.07, 6.45) is 3.66. The Morgan fingerprint density at radius 3 is 2.81 bits per heavy atom. The zero-order chi connectivity index (χ0) is 11.5. The highest BCUT2D eigenvalue weighted by Gasteiger charge is 2.20. The van der Waals surface area contributed by atoms with Crippen LogP contribution in [0.25, 0.3) is 0 Å². The number of nitrogens with zero attached hydrogens (tertiary/aromatic N) is 2. The van der Waals surface area contributed by atoms with E-state index < -0.39 is 0 Å². The van der Waals surface area contributed by atoms with Crippen molar-refractivity contribution in [3.63, 3.8) is 0 Å². The van der Waals surface area contributed by atoms with Crippen LogP contribution in [0.1, 0.15) is 30.0 Å². The summed E-state index contributed by atoms with van der Waals surface area (Å²) in [7, 11) is 1.92. The van der Waals surface area contributed by atoms with Gasteiger partial charge in [-0.3, -0.25) is 4.68 Å². The standard InChI is InChI=1S/C12H17N3O/c1-4-13-11(10-5-7-15(3)14-10)12-9(2)6-8-16-12/h5-8,11,13H,4H2,1-3H3. The summed E-state index contributed by atoms with van der Waals surface area (Å²) < 4.78 is 7.33. The molecule has 4 heteroatoms. The Morgan fingerprint density at radius 1 is 1.50 bits per heavy atom. The third kappa shape index (κ3) is 2.02. The number of aryl methyl sites for hydroxylation is 2. The van der Waals surface area contributed by atoms with Crippen LogP contribution in [0.15, 0.2) is 29.0 Å². The van der Waals surface area contributed by atoms with E-state index in [1.165, 1.54) is 0 Å². The van der Waals surface area contributed by atoms with E-state index in [-0.39, 0.29) is 6.04 Å². The van der Waals surface area contributed by atoms with Crippen molar-refractivity contribution in [3.05, 3.63) is 41.6 Å². The van der Waals surface area contributed by atoms with Crippen LogP contribution < -0.4 is 5.32 Å². The van der Waals surface area contributed by atoms with Gasteiger partial charge in [-0.25, -0.2) is 0 Å². The molecule has 0 saturated heterocycles. The lowest BCUT2D eigenvalue weighted by Crippen LogP contribution is -2.22. The van der Waals surface area contributed by atoms with E-state index in [0.717, 1.165) is 23.6 Å². The second-order valence-electron chi connectivity index (χ2n) is 3.87. The Kier molecular flexibility index (Phi) is 3.10. The summed E-state index contributed by atoms with van der Waals surface area (Å²) in [6.45, 7) is 5.00. The highest BCUT2D eigenvalue weighted by atomic mass is 16.3. The fourth-order valence-corrected chi connectivity index (χ4v) is 1.80. The van der Waals surface area contributed by atoms with E-state index in [1.54, 1.807) is 10.9 Å². The zero-order valence-corrected chi connectivity index (χ0v) is 9.90. The van der Waals surface area contributed by atoms with Crippen LogP contribution in [0, 0.1) is 6.92 Å². The Bertz CT molecular complexity index is 458. The van der Waals surface area contributed by atoms with E-state index in [0.29, 0.717) is 0 Å². The van der Waals surface area contributed by atoms with Crippen molar-refractivity contribution in [2.24, 2.45) is 7.05 Å². The van der Waals surface area contributed by atoms with E-state index in [4.69, 9.17) is 4.42 Å². The molecule has 0 radical (unpaired) electrons. The lowest BCUT2D eigenvalue weighted by atomic mass is 10.1. The van der Waals surface area contributed by atoms with Gasteiger partial charge in [0, 0.05) is 13.2 Å². The lowest BCUT2D eigenvalue weighted by Gasteiger charge is -2.14. The van der Waals surface area contributed by atoms with Gasteiger partial charge in [-0.2, -0.15) is 5.10 Å². The van der Waals surface area contributed by atoms with Crippen molar-refractivity contribution in [2.45, 2.75) is 19.9 Å². The Hall–Kier alpha value is -1.55. The van der Waals surface area contributed by atoms with Gasteiger partial charge in [-0.05, 0) is 31.2 Å². The quantitative estimate of drug-likeness (QED) is 0.855. The molecule has 2 heterocycles. The average molecular weight is 219 g/mol. The van der Waals surface area contributed by atoms with E-state index in [9.17, 15) is 0 Å². The van der Waals surface area contributed by atoms with Crippen molar-refractivity contribution in [3.8, 4) is 0 Å². The summed E-state index contributed by atoms with van der Waals surface area (Å²) in [5.41, 5.74) is 2.14. The highest BCUT2D eigenvalue weighted by Crippen LogP contribution is 2.24. The predicted octanol–water partition coefficient (Wildman–Crippen LogP) is 2.02. The fourth-order valence-electron chi connectivity index (χ4n) is 1.80. The first kappa shape index (κ1) is 11.0. The molecule has 1 unspecified atom stereocenters. The van der Waals surface area contributed by atoms with Crippen molar-refractivity contribution in [1.82, 2.24) is 15.1 Å². The fraction of sp³-hybridized carbons (Fsp3) is 0.417. The van der Waals surface area contributed by atoms with Crippen LogP contribution in [-0.4, -0.2) is 16.3 Å². The molecule has 2 aromatic rings. The first-order valence-corrected chi connectivity index (χ1v) is 5.49. The number of hydrogen-bond donors (Lipinski definition) is 1. The molecule has 2 rings (SSSR count). The van der Waals surface area contributed by atoms with Gasteiger partial charge in [0.25, 0.3) is 0 Å². The van der Waals surface area contributed by atoms with E-state index >= 15 is 0 Å². The third-order valence-electron chi connectivity index (χ3n) is 2.60. The number of hydrogen-bond acceptors (Lipinski definition) is 3. The van der Waals surface area contributed by atoms with Crippen molar-refractivity contribution in [1.29, 1.82) is 0 Å². The summed E-state index contributed by atoms with van der Waals surface area (Å²) >= 11 is 0. The smallest absolute Gasteiger partial charge is 0.129 e. The van der Waals surface area contributed by atoms with E-state index in [2.05, 4.69) is 17.3 Å². The van der Waals surface area contributed by atoms with Gasteiger partial charge in [0.15, 0.2) is 0 Å². The third-order valence-corrected chi connectivity index (χ3v) is 2.60. The van der Waals surface area contributed by atoms with Gasteiger partial charge in [0.1, 0.15) is 11.8 Å². The topological polar surface area (TPSA) is 43.0 Å². The van der Waals surface area contributed by atoms with Crippen molar-refractivity contribution < 1.29 is 4.42 Å². The molecular formula is C12H17N3O. The maximum Gasteiger partial charge on any atom is 0.129 e. The monoisotopic (exact) mass is 219 g/mol. The Morgan fingerprint density at radius 2 is 2.31 bits per heavy atom. The summed E-state index contributed by atoms with van der Waals surface area (Å²) in [5.74, 6) is 0.945. The van der Waals surface area contributed by atoms with E-state index in [1.807, 2.05) is 32.3 Å². The molecule has 0 fully saturated rings. The normalized spacial score (nSPS) is 12.9. The van der Waals surface area contributed by atoms with Crippen LogP contribution in [0.2, 0.25) is 0 Å². The summed E-state index contributed by atoms with van der Waals surface area (Å²) in [4.78, 5) is 0. The number of rotatable bonds is 4. The minimum Gasteiger partial charge on any atom is -0.467 e. The molecule has 0 amide bonds. The van der Waals surface area contributed by atoms with Crippen LogP contribution in [-0.2, 0) is 7.05 Å². The highest BCUT2D eigenvalue weighted by molar-refractivity contribution is 5.25. The molecule has 0 bridgehead atoms. The Balaban J connectivity index is 2.34. The van der Waals surface area contributed by atoms with Crippen molar-refractivity contribution >= 4 is 0 Å². The Labute approximate surface area is 95.3 Å². The molecule has 1 N–H and O–H groups in total. The second-order valence-corrected chi connectivity index (χ2v) is 3.87. The number of furan rings is 1. The van der Waals surface area contributed by atoms with Gasteiger partial charge in [-0.1, -0.05) is 6.92 Å². The maximum atomic E-state index is 5.53. The predicted molar refractivity (Wildman–Crippen MR) is 62.2 cm³/mol. The molecule has 86 valence electrons.